The molecule has 8 heteroatoms. The lowest BCUT2D eigenvalue weighted by molar-refractivity contribution is 0.106. The molecule has 0 aliphatic carbocycles. The highest BCUT2D eigenvalue weighted by Gasteiger charge is 2.44. The summed E-state index contributed by atoms with van der Waals surface area (Å²) in [5.41, 5.74) is 8.69. The lowest BCUT2D eigenvalue weighted by Crippen LogP contribution is -2.53. The van der Waals surface area contributed by atoms with E-state index in [2.05, 4.69) is 40.2 Å². The molecule has 5 rings (SSSR count). The minimum absolute atomic E-state index is 0.0969. The minimum Gasteiger partial charge on any atom is -0.369 e. The van der Waals surface area contributed by atoms with Gasteiger partial charge in [0.2, 0.25) is 11.9 Å². The zero-order valence-electron chi connectivity index (χ0n) is 15.6. The minimum atomic E-state index is 0.0969. The Bertz CT molecular complexity index is 903. The maximum absolute atomic E-state index is 5.75. The Hall–Kier alpha value is -2.74. The fraction of sp³-hybridized carbons (Fsp3) is 0.474. The highest BCUT2D eigenvalue weighted by Crippen LogP contribution is 2.38. The number of nitrogen functional groups attached to an aromatic ring is 1. The number of nitrogens with two attached hydrogens (primary N) is 1. The molecule has 2 aromatic heterocycles. The normalized spacial score (nSPS) is 25.8. The third-order valence-corrected chi connectivity index (χ3v) is 5.52. The van der Waals surface area contributed by atoms with E-state index in [1.54, 1.807) is 12.4 Å². The molecule has 2 bridgehead atoms. The highest BCUT2D eigenvalue weighted by molar-refractivity contribution is 5.66. The van der Waals surface area contributed by atoms with Gasteiger partial charge in [-0.3, -0.25) is 0 Å². The fourth-order valence-corrected chi connectivity index (χ4v) is 4.11. The number of morpholine rings is 1. The summed E-state index contributed by atoms with van der Waals surface area (Å²) in [6.45, 7) is 12.0. The summed E-state index contributed by atoms with van der Waals surface area (Å²) < 4.78 is 5.75. The van der Waals surface area contributed by atoms with Gasteiger partial charge in [0.1, 0.15) is 5.82 Å². The zero-order valence-corrected chi connectivity index (χ0v) is 15.6. The van der Waals surface area contributed by atoms with Crippen LogP contribution >= 0.6 is 0 Å². The maximum Gasteiger partial charge on any atom is 0.227 e. The number of hydrogen-bond donors (Lipinski definition) is 1. The Labute approximate surface area is 158 Å². The first-order valence-electron chi connectivity index (χ1n) is 9.18. The first-order valence-corrected chi connectivity index (χ1v) is 9.18. The number of aromatic nitrogens is 4. The van der Waals surface area contributed by atoms with Crippen molar-refractivity contribution in [2.24, 2.45) is 5.41 Å². The molecule has 0 saturated carbocycles. The predicted octanol–water partition coefficient (Wildman–Crippen LogP) is 1.51. The summed E-state index contributed by atoms with van der Waals surface area (Å²) >= 11 is 0. The van der Waals surface area contributed by atoms with Crippen molar-refractivity contribution in [1.29, 1.82) is 0 Å². The van der Waals surface area contributed by atoms with Crippen LogP contribution in [0.15, 0.2) is 30.6 Å². The summed E-state index contributed by atoms with van der Waals surface area (Å²) in [7, 11) is 0. The summed E-state index contributed by atoms with van der Waals surface area (Å²) in [6.07, 6.45) is 3.51. The van der Waals surface area contributed by atoms with Crippen LogP contribution in [0.1, 0.15) is 13.8 Å². The van der Waals surface area contributed by atoms with E-state index in [9.17, 15) is 0 Å². The Balaban J connectivity index is 1.55. The molecule has 3 fully saturated rings. The second-order valence-corrected chi connectivity index (χ2v) is 8.33. The average Bonchev–Trinajstić information content (AvgIpc) is 3.15. The molecular weight excluding hydrogens is 342 g/mol. The molecule has 2 N–H and O–H groups in total. The Kier molecular flexibility index (Phi) is 3.42. The van der Waals surface area contributed by atoms with Gasteiger partial charge in [0.15, 0.2) is 0 Å². The molecule has 0 aromatic carbocycles. The molecule has 0 unspecified atom stereocenters. The van der Waals surface area contributed by atoms with E-state index < -0.39 is 0 Å². The molecule has 0 spiro atoms. The van der Waals surface area contributed by atoms with E-state index in [0.29, 0.717) is 12.0 Å². The van der Waals surface area contributed by atoms with Crippen LogP contribution in [0.5, 0.6) is 0 Å². The molecule has 8 nitrogen and oxygen atoms in total. The van der Waals surface area contributed by atoms with Crippen molar-refractivity contribution in [3.63, 3.8) is 0 Å². The SMILES string of the molecule is C=C1[C@H]2CO[C@@H]1CN2c1cc(-c2cnc(N)nc2)nc(N2CC(C)(C)C2)n1. The van der Waals surface area contributed by atoms with Gasteiger partial charge < -0.3 is 20.3 Å². The Morgan fingerprint density at radius 1 is 1.22 bits per heavy atom. The van der Waals surface area contributed by atoms with E-state index in [0.717, 1.165) is 48.2 Å². The zero-order chi connectivity index (χ0) is 18.8. The third-order valence-electron chi connectivity index (χ3n) is 5.52. The van der Waals surface area contributed by atoms with E-state index >= 15 is 0 Å². The van der Waals surface area contributed by atoms with Gasteiger partial charge >= 0.3 is 0 Å². The lowest BCUT2D eigenvalue weighted by atomic mass is 9.85. The van der Waals surface area contributed by atoms with Crippen LogP contribution in [0.25, 0.3) is 11.3 Å². The maximum atomic E-state index is 5.75. The van der Waals surface area contributed by atoms with Gasteiger partial charge in [-0.2, -0.15) is 4.98 Å². The number of hydrogen-bond acceptors (Lipinski definition) is 8. The van der Waals surface area contributed by atoms with Gasteiger partial charge in [0, 0.05) is 37.1 Å². The smallest absolute Gasteiger partial charge is 0.227 e. The standard InChI is InChI=1S/C19H23N7O/c1-11-14-8-27-15(11)7-26(14)16-4-13(12-5-21-17(20)22-6-12)23-18(24-16)25-9-19(2,3)10-25/h4-6,14-15H,1,7-10H2,2-3H3,(H2,20,21,22)/t14-,15-/m1/s1. The van der Waals surface area contributed by atoms with Gasteiger partial charge in [0.05, 0.1) is 31.0 Å². The third kappa shape index (κ3) is 2.71. The van der Waals surface area contributed by atoms with Crippen molar-refractivity contribution < 1.29 is 4.74 Å². The molecule has 0 radical (unpaired) electrons. The second-order valence-electron chi connectivity index (χ2n) is 8.33. The van der Waals surface area contributed by atoms with Crippen molar-refractivity contribution in [2.45, 2.75) is 26.0 Å². The second kappa shape index (κ2) is 5.63. The topological polar surface area (TPSA) is 93.3 Å². The number of rotatable bonds is 3. The average molecular weight is 365 g/mol. The molecule has 3 aliphatic heterocycles. The molecule has 0 amide bonds. The van der Waals surface area contributed by atoms with E-state index in [4.69, 9.17) is 20.4 Å². The quantitative estimate of drug-likeness (QED) is 0.818. The van der Waals surface area contributed by atoms with Crippen LogP contribution in [-0.4, -0.2) is 58.3 Å². The van der Waals surface area contributed by atoms with Gasteiger partial charge in [-0.15, -0.1) is 0 Å². The first kappa shape index (κ1) is 16.4. The molecule has 3 aliphatic rings. The van der Waals surface area contributed by atoms with Crippen LogP contribution in [-0.2, 0) is 4.74 Å². The number of anilines is 3. The Morgan fingerprint density at radius 2 is 1.96 bits per heavy atom. The van der Waals surface area contributed by atoms with E-state index in [-0.39, 0.29) is 18.1 Å². The molecule has 3 saturated heterocycles. The van der Waals surface area contributed by atoms with E-state index in [1.165, 1.54) is 0 Å². The highest BCUT2D eigenvalue weighted by atomic mass is 16.5. The van der Waals surface area contributed by atoms with Crippen LogP contribution in [0.3, 0.4) is 0 Å². The summed E-state index contributed by atoms with van der Waals surface area (Å²) in [4.78, 5) is 22.4. The van der Waals surface area contributed by atoms with Crippen LogP contribution < -0.4 is 15.5 Å². The largest absolute Gasteiger partial charge is 0.369 e. The summed E-state index contributed by atoms with van der Waals surface area (Å²) in [6, 6.07) is 2.18. The van der Waals surface area contributed by atoms with Gasteiger partial charge in [-0.05, 0) is 11.0 Å². The number of ether oxygens (including phenoxy) is 1. The molecule has 140 valence electrons. The van der Waals surface area contributed by atoms with Crippen LogP contribution in [0.2, 0.25) is 0 Å². The van der Waals surface area contributed by atoms with Crippen molar-refractivity contribution in [1.82, 2.24) is 19.9 Å². The van der Waals surface area contributed by atoms with Crippen molar-refractivity contribution in [3.05, 3.63) is 30.6 Å². The first-order chi connectivity index (χ1) is 12.9. The predicted molar refractivity (Wildman–Crippen MR) is 103 cm³/mol. The van der Waals surface area contributed by atoms with Gasteiger partial charge in [-0.1, -0.05) is 20.4 Å². The molecule has 5 heterocycles. The summed E-state index contributed by atoms with van der Waals surface area (Å²) in [5.74, 6) is 1.89. The van der Waals surface area contributed by atoms with Crippen LogP contribution in [0, 0.1) is 5.41 Å². The van der Waals surface area contributed by atoms with Crippen molar-refractivity contribution >= 4 is 17.7 Å². The Morgan fingerprint density at radius 3 is 2.56 bits per heavy atom. The van der Waals surface area contributed by atoms with Crippen molar-refractivity contribution in [3.8, 4) is 11.3 Å². The molecule has 2 atom stereocenters. The monoisotopic (exact) mass is 365 g/mol. The van der Waals surface area contributed by atoms with Crippen LogP contribution in [0.4, 0.5) is 17.7 Å². The molecule has 27 heavy (non-hydrogen) atoms. The van der Waals surface area contributed by atoms with E-state index in [1.807, 2.05) is 6.07 Å². The van der Waals surface area contributed by atoms with Gasteiger partial charge in [-0.25, -0.2) is 15.0 Å². The fourth-order valence-electron chi connectivity index (χ4n) is 4.11. The number of fused-ring (bicyclic) bond motifs is 2. The summed E-state index contributed by atoms with van der Waals surface area (Å²) in [5, 5.41) is 0. The molecule has 2 aromatic rings. The number of nitrogens with zero attached hydrogens (tertiary/aromatic N) is 6. The lowest BCUT2D eigenvalue weighted by Gasteiger charge is -2.46. The van der Waals surface area contributed by atoms with Gasteiger partial charge in [0.25, 0.3) is 0 Å². The van der Waals surface area contributed by atoms with Crippen molar-refractivity contribution in [2.75, 3.05) is 41.8 Å². The molecular formula is C19H23N7O.